The van der Waals surface area contributed by atoms with E-state index in [1.54, 1.807) is 26.0 Å². The van der Waals surface area contributed by atoms with Crippen molar-refractivity contribution >= 4 is 39.7 Å². The van der Waals surface area contributed by atoms with Crippen LogP contribution in [0.3, 0.4) is 0 Å². The number of nitrogens with zero attached hydrogens (tertiary/aromatic N) is 1. The summed E-state index contributed by atoms with van der Waals surface area (Å²) in [6.45, 7) is 4.12. The number of hydrogen-bond donors (Lipinski definition) is 2. The molecule has 0 aliphatic carbocycles. The molecule has 0 fully saturated rings. The average molecular weight is 352 g/mol. The molecule has 0 aliphatic rings. The lowest BCUT2D eigenvalue weighted by Gasteiger charge is -2.18. The Hall–Kier alpha value is -1.51. The van der Waals surface area contributed by atoms with Crippen molar-refractivity contribution in [1.82, 2.24) is 4.31 Å². The predicted molar refractivity (Wildman–Crippen MR) is 90.0 cm³/mol. The number of carbonyl (C=O) groups excluding carboxylic acids is 1. The van der Waals surface area contributed by atoms with Crippen molar-refractivity contribution in [2.75, 3.05) is 37.0 Å². The SMILES string of the molecule is CCN(CC)S(=O)(=O)CC(=O)Nc1ccc(OC)c(N)c1.Cl. The number of rotatable bonds is 7. The highest BCUT2D eigenvalue weighted by Gasteiger charge is 2.22. The number of carbonyl (C=O) groups is 1. The van der Waals surface area contributed by atoms with Gasteiger partial charge in [-0.05, 0) is 18.2 Å². The summed E-state index contributed by atoms with van der Waals surface area (Å²) < 4.78 is 30.2. The second-order valence-corrected chi connectivity index (χ2v) is 6.31. The van der Waals surface area contributed by atoms with E-state index < -0.39 is 21.7 Å². The van der Waals surface area contributed by atoms with Crippen LogP contribution in [0.2, 0.25) is 0 Å². The van der Waals surface area contributed by atoms with E-state index in [0.717, 1.165) is 0 Å². The van der Waals surface area contributed by atoms with E-state index in [0.29, 0.717) is 30.2 Å². The molecule has 1 amide bonds. The van der Waals surface area contributed by atoms with Gasteiger partial charge >= 0.3 is 0 Å². The third-order valence-electron chi connectivity index (χ3n) is 2.93. The zero-order chi connectivity index (χ0) is 16.0. The molecule has 0 heterocycles. The van der Waals surface area contributed by atoms with E-state index in [-0.39, 0.29) is 12.4 Å². The molecule has 1 aromatic rings. The molecule has 1 rings (SSSR count). The first-order valence-corrected chi connectivity index (χ1v) is 8.16. The van der Waals surface area contributed by atoms with Gasteiger partial charge in [0.15, 0.2) is 0 Å². The number of halogens is 1. The minimum Gasteiger partial charge on any atom is -0.495 e. The van der Waals surface area contributed by atoms with Crippen molar-refractivity contribution in [2.24, 2.45) is 0 Å². The van der Waals surface area contributed by atoms with Gasteiger partial charge in [0.25, 0.3) is 0 Å². The minimum atomic E-state index is -3.60. The van der Waals surface area contributed by atoms with Crippen LogP contribution in [0.4, 0.5) is 11.4 Å². The first kappa shape index (κ1) is 20.5. The maximum absolute atomic E-state index is 12.0. The molecule has 0 atom stereocenters. The number of amides is 1. The van der Waals surface area contributed by atoms with Gasteiger partial charge in [-0.2, -0.15) is 0 Å². The summed E-state index contributed by atoms with van der Waals surface area (Å²) in [5.41, 5.74) is 6.51. The second kappa shape index (κ2) is 8.82. The number of benzene rings is 1. The first-order chi connectivity index (χ1) is 9.83. The van der Waals surface area contributed by atoms with Crippen molar-refractivity contribution in [3.05, 3.63) is 18.2 Å². The van der Waals surface area contributed by atoms with Crippen LogP contribution in [0.1, 0.15) is 13.8 Å². The van der Waals surface area contributed by atoms with Gasteiger partial charge in [-0.25, -0.2) is 12.7 Å². The van der Waals surface area contributed by atoms with Gasteiger partial charge in [0.05, 0.1) is 12.8 Å². The molecule has 0 aromatic heterocycles. The normalized spacial score (nSPS) is 10.9. The van der Waals surface area contributed by atoms with Crippen molar-refractivity contribution in [3.63, 3.8) is 0 Å². The summed E-state index contributed by atoms with van der Waals surface area (Å²) in [5.74, 6) is -0.712. The van der Waals surface area contributed by atoms with Crippen LogP contribution >= 0.6 is 12.4 Å². The molecule has 0 radical (unpaired) electrons. The fraction of sp³-hybridized carbons (Fsp3) is 0.462. The number of nitrogens with two attached hydrogens (primary N) is 1. The van der Waals surface area contributed by atoms with Crippen LogP contribution in [0, 0.1) is 0 Å². The van der Waals surface area contributed by atoms with Crippen LogP contribution in [0.5, 0.6) is 5.75 Å². The van der Waals surface area contributed by atoms with Crippen molar-refractivity contribution in [2.45, 2.75) is 13.8 Å². The van der Waals surface area contributed by atoms with Crippen molar-refractivity contribution in [3.8, 4) is 5.75 Å². The Morgan fingerprint density at radius 3 is 2.36 bits per heavy atom. The Bertz CT molecular complexity index is 603. The Kier molecular flexibility index (Phi) is 8.21. The molecule has 0 bridgehead atoms. The fourth-order valence-corrected chi connectivity index (χ4v) is 3.26. The molecule has 22 heavy (non-hydrogen) atoms. The molecule has 1 aromatic carbocycles. The van der Waals surface area contributed by atoms with Crippen LogP contribution in [-0.2, 0) is 14.8 Å². The lowest BCUT2D eigenvalue weighted by atomic mass is 10.2. The first-order valence-electron chi connectivity index (χ1n) is 6.55. The maximum Gasteiger partial charge on any atom is 0.241 e. The molecule has 0 saturated heterocycles. The zero-order valence-electron chi connectivity index (χ0n) is 12.8. The molecule has 0 saturated carbocycles. The highest BCUT2D eigenvalue weighted by atomic mass is 35.5. The largest absolute Gasteiger partial charge is 0.495 e. The number of hydrogen-bond acceptors (Lipinski definition) is 5. The average Bonchev–Trinajstić information content (AvgIpc) is 2.39. The quantitative estimate of drug-likeness (QED) is 0.721. The highest BCUT2D eigenvalue weighted by Crippen LogP contribution is 2.24. The van der Waals surface area contributed by atoms with E-state index in [1.807, 2.05) is 0 Å². The number of methoxy groups -OCH3 is 1. The van der Waals surface area contributed by atoms with Crippen LogP contribution in [0.15, 0.2) is 18.2 Å². The van der Waals surface area contributed by atoms with E-state index in [4.69, 9.17) is 10.5 Å². The van der Waals surface area contributed by atoms with Crippen LogP contribution < -0.4 is 15.8 Å². The fourth-order valence-electron chi connectivity index (χ4n) is 1.88. The summed E-state index contributed by atoms with van der Waals surface area (Å²) >= 11 is 0. The van der Waals surface area contributed by atoms with E-state index >= 15 is 0 Å². The molecule has 7 nitrogen and oxygen atoms in total. The standard InChI is InChI=1S/C13H21N3O4S.ClH/c1-4-16(5-2)21(18,19)9-13(17)15-10-6-7-12(20-3)11(14)8-10;/h6-8H,4-5,9,14H2,1-3H3,(H,15,17);1H. The summed E-state index contributed by atoms with van der Waals surface area (Å²) in [4.78, 5) is 11.8. The van der Waals surface area contributed by atoms with Gasteiger partial charge in [-0.1, -0.05) is 13.8 Å². The summed E-state index contributed by atoms with van der Waals surface area (Å²) in [5, 5.41) is 2.51. The number of ether oxygens (including phenoxy) is 1. The van der Waals surface area contributed by atoms with E-state index in [2.05, 4.69) is 5.32 Å². The Morgan fingerprint density at radius 2 is 1.91 bits per heavy atom. The molecule has 0 aliphatic heterocycles. The molecular formula is C13H22ClN3O4S. The predicted octanol–water partition coefficient (Wildman–Crippen LogP) is 1.31. The van der Waals surface area contributed by atoms with Gasteiger partial charge in [0.1, 0.15) is 11.5 Å². The molecule has 3 N–H and O–H groups in total. The summed E-state index contributed by atoms with van der Waals surface area (Å²) in [6, 6.07) is 4.71. The lowest BCUT2D eigenvalue weighted by molar-refractivity contribution is -0.113. The van der Waals surface area contributed by atoms with Crippen LogP contribution in [0.25, 0.3) is 0 Å². The minimum absolute atomic E-state index is 0. The number of sulfonamides is 1. The number of nitrogen functional groups attached to an aromatic ring is 1. The van der Waals surface area contributed by atoms with Crippen LogP contribution in [-0.4, -0.2) is 44.6 Å². The molecular weight excluding hydrogens is 330 g/mol. The van der Waals surface area contributed by atoms with Gasteiger partial charge in [-0.15, -0.1) is 12.4 Å². The maximum atomic E-state index is 12.0. The number of anilines is 2. The van der Waals surface area contributed by atoms with Crippen molar-refractivity contribution in [1.29, 1.82) is 0 Å². The van der Waals surface area contributed by atoms with Gasteiger partial charge in [0, 0.05) is 18.8 Å². The van der Waals surface area contributed by atoms with Gasteiger partial charge in [0.2, 0.25) is 15.9 Å². The van der Waals surface area contributed by atoms with E-state index in [1.165, 1.54) is 17.5 Å². The molecule has 0 spiro atoms. The van der Waals surface area contributed by atoms with Gasteiger partial charge < -0.3 is 15.8 Å². The molecule has 0 unspecified atom stereocenters. The second-order valence-electron chi connectivity index (χ2n) is 4.35. The lowest BCUT2D eigenvalue weighted by Crippen LogP contribution is -2.36. The zero-order valence-corrected chi connectivity index (χ0v) is 14.5. The van der Waals surface area contributed by atoms with Crippen molar-refractivity contribution < 1.29 is 17.9 Å². The third-order valence-corrected chi connectivity index (χ3v) is 4.86. The Labute approximate surface area is 137 Å². The Morgan fingerprint density at radius 1 is 1.32 bits per heavy atom. The smallest absolute Gasteiger partial charge is 0.241 e. The molecule has 9 heteroatoms. The highest BCUT2D eigenvalue weighted by molar-refractivity contribution is 7.89. The summed E-state index contributed by atoms with van der Waals surface area (Å²) in [6.07, 6.45) is 0. The van der Waals surface area contributed by atoms with Gasteiger partial charge in [-0.3, -0.25) is 4.79 Å². The van der Waals surface area contributed by atoms with E-state index in [9.17, 15) is 13.2 Å². The molecule has 126 valence electrons. The Balaban J connectivity index is 0.00000441. The summed E-state index contributed by atoms with van der Waals surface area (Å²) in [7, 11) is -2.11. The third kappa shape index (κ3) is 5.36. The number of nitrogens with one attached hydrogen (secondary N) is 1. The monoisotopic (exact) mass is 351 g/mol. The topological polar surface area (TPSA) is 102 Å².